The van der Waals surface area contributed by atoms with E-state index in [0.29, 0.717) is 5.56 Å². The SMILES string of the molecule is Cc1ccc(S(=O)(=O)NOC(C)(C)C)cc1C(N)=O. The molecule has 0 fully saturated rings. The van der Waals surface area contributed by atoms with Gasteiger partial charge in [0.2, 0.25) is 5.91 Å². The van der Waals surface area contributed by atoms with Gasteiger partial charge in [-0.2, -0.15) is 0 Å². The fourth-order valence-corrected chi connectivity index (χ4v) is 2.24. The molecular weight excluding hydrogens is 268 g/mol. The summed E-state index contributed by atoms with van der Waals surface area (Å²) in [7, 11) is -3.85. The van der Waals surface area contributed by atoms with Crippen molar-refractivity contribution in [1.82, 2.24) is 4.89 Å². The van der Waals surface area contributed by atoms with Crippen molar-refractivity contribution in [3.63, 3.8) is 0 Å². The normalized spacial score (nSPS) is 12.4. The van der Waals surface area contributed by atoms with Crippen LogP contribution in [0, 0.1) is 6.92 Å². The number of carbonyl (C=O) groups excluding carboxylic acids is 1. The highest BCUT2D eigenvalue weighted by Crippen LogP contribution is 2.16. The van der Waals surface area contributed by atoms with E-state index in [-0.39, 0.29) is 10.5 Å². The summed E-state index contributed by atoms with van der Waals surface area (Å²) in [6.45, 7) is 6.80. The van der Waals surface area contributed by atoms with Crippen LogP contribution < -0.4 is 10.6 Å². The first kappa shape index (κ1) is 15.6. The molecule has 1 rings (SSSR count). The molecule has 0 heterocycles. The standard InChI is InChI=1S/C12H18N2O4S/c1-8-5-6-9(7-10(8)11(13)15)19(16,17)14-18-12(2,3)4/h5-7,14H,1-4H3,(H2,13,15). The fourth-order valence-electron chi connectivity index (χ4n) is 1.26. The minimum atomic E-state index is -3.85. The van der Waals surface area contributed by atoms with Gasteiger partial charge in [-0.1, -0.05) is 11.0 Å². The molecule has 0 atom stereocenters. The third-order valence-electron chi connectivity index (χ3n) is 2.24. The Hall–Kier alpha value is -1.44. The van der Waals surface area contributed by atoms with E-state index in [4.69, 9.17) is 10.6 Å². The number of carbonyl (C=O) groups is 1. The molecule has 0 aliphatic rings. The summed E-state index contributed by atoms with van der Waals surface area (Å²) in [4.78, 5) is 18.2. The molecule has 1 amide bonds. The summed E-state index contributed by atoms with van der Waals surface area (Å²) >= 11 is 0. The lowest BCUT2D eigenvalue weighted by Crippen LogP contribution is -2.33. The van der Waals surface area contributed by atoms with Gasteiger partial charge >= 0.3 is 0 Å². The Morgan fingerprint density at radius 3 is 2.37 bits per heavy atom. The maximum Gasteiger partial charge on any atom is 0.262 e. The van der Waals surface area contributed by atoms with Gasteiger partial charge in [-0.3, -0.25) is 9.63 Å². The molecule has 1 aromatic rings. The molecule has 7 heteroatoms. The lowest BCUT2D eigenvalue weighted by molar-refractivity contribution is -0.0357. The number of hydrogen-bond acceptors (Lipinski definition) is 4. The Morgan fingerprint density at radius 1 is 1.32 bits per heavy atom. The van der Waals surface area contributed by atoms with E-state index < -0.39 is 21.5 Å². The summed E-state index contributed by atoms with van der Waals surface area (Å²) in [5, 5.41) is 0. The zero-order chi connectivity index (χ0) is 14.8. The zero-order valence-corrected chi connectivity index (χ0v) is 12.2. The second-order valence-electron chi connectivity index (χ2n) is 5.14. The van der Waals surface area contributed by atoms with Gasteiger partial charge in [0, 0.05) is 5.56 Å². The van der Waals surface area contributed by atoms with Crippen LogP contribution in [0.15, 0.2) is 23.1 Å². The second kappa shape index (κ2) is 5.28. The molecule has 0 aliphatic carbocycles. The Kier molecular flexibility index (Phi) is 4.34. The van der Waals surface area contributed by atoms with Crippen molar-refractivity contribution >= 4 is 15.9 Å². The predicted octanol–water partition coefficient (Wildman–Crippen LogP) is 1.10. The number of aryl methyl sites for hydroxylation is 1. The molecule has 3 N–H and O–H groups in total. The molecule has 0 aliphatic heterocycles. The molecule has 0 unspecified atom stereocenters. The van der Waals surface area contributed by atoms with E-state index in [1.807, 2.05) is 4.89 Å². The number of benzene rings is 1. The Bertz CT molecular complexity index is 588. The molecule has 6 nitrogen and oxygen atoms in total. The van der Waals surface area contributed by atoms with Crippen LogP contribution in [0.1, 0.15) is 36.7 Å². The summed E-state index contributed by atoms with van der Waals surface area (Å²) in [5.74, 6) is -0.675. The first-order valence-corrected chi connectivity index (χ1v) is 7.11. The van der Waals surface area contributed by atoms with Crippen molar-refractivity contribution in [2.24, 2.45) is 5.73 Å². The van der Waals surface area contributed by atoms with E-state index in [9.17, 15) is 13.2 Å². The maximum atomic E-state index is 12.0. The van der Waals surface area contributed by atoms with Crippen molar-refractivity contribution in [3.05, 3.63) is 29.3 Å². The van der Waals surface area contributed by atoms with Crippen LogP contribution in [0.4, 0.5) is 0 Å². The smallest absolute Gasteiger partial charge is 0.262 e. The van der Waals surface area contributed by atoms with E-state index in [1.54, 1.807) is 27.7 Å². The van der Waals surface area contributed by atoms with Gasteiger partial charge < -0.3 is 5.73 Å². The van der Waals surface area contributed by atoms with Crippen LogP contribution in [-0.4, -0.2) is 19.9 Å². The van der Waals surface area contributed by atoms with Crippen LogP contribution in [0.3, 0.4) is 0 Å². The van der Waals surface area contributed by atoms with Crippen molar-refractivity contribution in [1.29, 1.82) is 0 Å². The molecular formula is C12H18N2O4S. The van der Waals surface area contributed by atoms with Gasteiger partial charge in [0.05, 0.1) is 10.5 Å². The molecule has 0 saturated carbocycles. The molecule has 0 bridgehead atoms. The van der Waals surface area contributed by atoms with E-state index in [0.717, 1.165) is 0 Å². The molecule has 19 heavy (non-hydrogen) atoms. The minimum Gasteiger partial charge on any atom is -0.366 e. The Morgan fingerprint density at radius 2 is 1.89 bits per heavy atom. The van der Waals surface area contributed by atoms with Gasteiger partial charge in [0.25, 0.3) is 10.0 Å². The Labute approximate surface area is 113 Å². The zero-order valence-electron chi connectivity index (χ0n) is 11.4. The minimum absolute atomic E-state index is 0.0730. The van der Waals surface area contributed by atoms with Gasteiger partial charge in [-0.05, 0) is 45.4 Å². The average Bonchev–Trinajstić information content (AvgIpc) is 2.25. The molecule has 106 valence electrons. The topological polar surface area (TPSA) is 98.5 Å². The highest BCUT2D eigenvalue weighted by molar-refractivity contribution is 7.89. The first-order chi connectivity index (χ1) is 8.53. The van der Waals surface area contributed by atoms with E-state index in [2.05, 4.69) is 0 Å². The molecule has 0 radical (unpaired) electrons. The second-order valence-corrected chi connectivity index (χ2v) is 6.79. The number of nitrogens with one attached hydrogen (secondary N) is 1. The lowest BCUT2D eigenvalue weighted by atomic mass is 10.1. The van der Waals surface area contributed by atoms with Crippen molar-refractivity contribution < 1.29 is 18.0 Å². The summed E-state index contributed by atoms with van der Waals surface area (Å²) < 4.78 is 24.0. The number of hydrogen-bond donors (Lipinski definition) is 2. The van der Waals surface area contributed by atoms with E-state index >= 15 is 0 Å². The number of sulfonamides is 1. The third-order valence-corrected chi connectivity index (χ3v) is 3.42. The van der Waals surface area contributed by atoms with Crippen molar-refractivity contribution in [2.75, 3.05) is 0 Å². The third kappa shape index (κ3) is 4.30. The van der Waals surface area contributed by atoms with Crippen molar-refractivity contribution in [2.45, 2.75) is 38.2 Å². The van der Waals surface area contributed by atoms with Crippen molar-refractivity contribution in [3.8, 4) is 0 Å². The summed E-state index contributed by atoms with van der Waals surface area (Å²) in [6.07, 6.45) is 0. The average molecular weight is 286 g/mol. The van der Waals surface area contributed by atoms with Crippen LogP contribution >= 0.6 is 0 Å². The first-order valence-electron chi connectivity index (χ1n) is 5.63. The number of rotatable bonds is 4. The van der Waals surface area contributed by atoms with Gasteiger partial charge in [0.1, 0.15) is 0 Å². The van der Waals surface area contributed by atoms with Gasteiger partial charge in [-0.25, -0.2) is 8.42 Å². The van der Waals surface area contributed by atoms with Gasteiger partial charge in [0.15, 0.2) is 0 Å². The fraction of sp³-hybridized carbons (Fsp3) is 0.417. The van der Waals surface area contributed by atoms with E-state index in [1.165, 1.54) is 18.2 Å². The highest BCUT2D eigenvalue weighted by Gasteiger charge is 2.20. The molecule has 0 spiro atoms. The van der Waals surface area contributed by atoms with Crippen LogP contribution in [-0.2, 0) is 14.9 Å². The maximum absolute atomic E-state index is 12.0. The molecule has 1 aromatic carbocycles. The Balaban J connectivity index is 3.09. The number of amides is 1. The van der Waals surface area contributed by atoms with Gasteiger partial charge in [-0.15, -0.1) is 0 Å². The number of nitrogens with two attached hydrogens (primary N) is 1. The predicted molar refractivity (Wildman–Crippen MR) is 70.9 cm³/mol. The van der Waals surface area contributed by atoms with Crippen LogP contribution in [0.25, 0.3) is 0 Å². The quantitative estimate of drug-likeness (QED) is 0.810. The van der Waals surface area contributed by atoms with Crippen LogP contribution in [0.5, 0.6) is 0 Å². The largest absolute Gasteiger partial charge is 0.366 e. The molecule has 0 aromatic heterocycles. The number of primary amides is 1. The lowest BCUT2D eigenvalue weighted by Gasteiger charge is -2.19. The molecule has 0 saturated heterocycles. The highest BCUT2D eigenvalue weighted by atomic mass is 32.2. The monoisotopic (exact) mass is 286 g/mol. The summed E-state index contributed by atoms with van der Waals surface area (Å²) in [5.41, 5.74) is 5.30. The summed E-state index contributed by atoms with van der Waals surface area (Å²) in [6, 6.07) is 4.13. The van der Waals surface area contributed by atoms with Crippen LogP contribution in [0.2, 0.25) is 0 Å².